The zero-order valence-corrected chi connectivity index (χ0v) is 12.2. The molecule has 4 heteroatoms. The Morgan fingerprint density at radius 1 is 1.30 bits per heavy atom. The summed E-state index contributed by atoms with van der Waals surface area (Å²) in [5.41, 5.74) is 7.85. The maximum atomic E-state index is 6.00. The number of benzene rings is 1. The molecule has 2 unspecified atom stereocenters. The van der Waals surface area contributed by atoms with Crippen molar-refractivity contribution in [1.29, 1.82) is 0 Å². The zero-order valence-electron chi connectivity index (χ0n) is 12.2. The molecule has 1 spiro atoms. The zero-order chi connectivity index (χ0) is 14.0. The Balaban J connectivity index is 1.61. The quantitative estimate of drug-likeness (QED) is 0.858. The molecule has 1 aromatic rings. The van der Waals surface area contributed by atoms with Gasteiger partial charge in [0.25, 0.3) is 0 Å². The highest BCUT2D eigenvalue weighted by molar-refractivity contribution is 5.39. The minimum absolute atomic E-state index is 0.0156. The number of nitrogen functional groups attached to an aromatic ring is 1. The molecule has 2 atom stereocenters. The number of rotatable bonds is 3. The molecule has 0 aromatic heterocycles. The van der Waals surface area contributed by atoms with Gasteiger partial charge in [-0.15, -0.1) is 0 Å². The number of hydrogen-bond donors (Lipinski definition) is 1. The Labute approximate surface area is 120 Å². The maximum absolute atomic E-state index is 6.00. The molecule has 2 aliphatic rings. The van der Waals surface area contributed by atoms with E-state index in [1.807, 2.05) is 12.1 Å². The number of nitrogens with zero attached hydrogens (tertiary/aromatic N) is 1. The van der Waals surface area contributed by atoms with Crippen molar-refractivity contribution in [2.75, 3.05) is 32.6 Å². The second kappa shape index (κ2) is 5.72. The van der Waals surface area contributed by atoms with Crippen LogP contribution in [0.1, 0.15) is 24.8 Å². The normalized spacial score (nSPS) is 30.2. The van der Waals surface area contributed by atoms with E-state index in [-0.39, 0.29) is 5.60 Å². The molecule has 1 aromatic carbocycles. The van der Waals surface area contributed by atoms with Crippen LogP contribution >= 0.6 is 0 Å². The Morgan fingerprint density at radius 3 is 2.80 bits per heavy atom. The fourth-order valence-electron chi connectivity index (χ4n) is 3.28. The van der Waals surface area contributed by atoms with Crippen molar-refractivity contribution in [1.82, 2.24) is 4.90 Å². The summed E-state index contributed by atoms with van der Waals surface area (Å²) in [5, 5.41) is 0. The second-order valence-corrected chi connectivity index (χ2v) is 6.14. The highest BCUT2D eigenvalue weighted by atomic mass is 16.6. The van der Waals surface area contributed by atoms with Crippen molar-refractivity contribution in [3.05, 3.63) is 29.8 Å². The average molecular weight is 276 g/mol. The van der Waals surface area contributed by atoms with Crippen LogP contribution < -0.4 is 5.73 Å². The molecule has 0 saturated carbocycles. The second-order valence-electron chi connectivity index (χ2n) is 6.14. The summed E-state index contributed by atoms with van der Waals surface area (Å²) in [4.78, 5) is 2.44. The molecule has 20 heavy (non-hydrogen) atoms. The van der Waals surface area contributed by atoms with Crippen molar-refractivity contribution >= 4 is 5.69 Å². The molecule has 3 rings (SSSR count). The summed E-state index contributed by atoms with van der Waals surface area (Å²) in [6.07, 6.45) is 3.23. The van der Waals surface area contributed by atoms with Crippen molar-refractivity contribution in [3.63, 3.8) is 0 Å². The van der Waals surface area contributed by atoms with E-state index in [1.54, 1.807) is 0 Å². The predicted octanol–water partition coefficient (Wildman–Crippen LogP) is 2.04. The number of anilines is 1. The molecule has 0 amide bonds. The summed E-state index contributed by atoms with van der Waals surface area (Å²) >= 11 is 0. The van der Waals surface area contributed by atoms with Gasteiger partial charge in [-0.1, -0.05) is 12.1 Å². The third-order valence-electron chi connectivity index (χ3n) is 4.57. The fourth-order valence-corrected chi connectivity index (χ4v) is 3.28. The van der Waals surface area contributed by atoms with Gasteiger partial charge in [0.2, 0.25) is 0 Å². The molecule has 2 saturated heterocycles. The smallest absolute Gasteiger partial charge is 0.0951 e. The van der Waals surface area contributed by atoms with Crippen LogP contribution in [-0.2, 0) is 16.0 Å². The lowest BCUT2D eigenvalue weighted by Crippen LogP contribution is -2.47. The number of hydrogen-bond acceptors (Lipinski definition) is 4. The van der Waals surface area contributed by atoms with Gasteiger partial charge in [0.15, 0.2) is 0 Å². The van der Waals surface area contributed by atoms with Crippen LogP contribution in [-0.4, -0.2) is 43.4 Å². The van der Waals surface area contributed by atoms with E-state index in [4.69, 9.17) is 15.2 Å². The van der Waals surface area contributed by atoms with E-state index in [1.165, 1.54) is 5.56 Å². The predicted molar refractivity (Wildman–Crippen MR) is 79.5 cm³/mol. The fraction of sp³-hybridized carbons (Fsp3) is 0.625. The standard InChI is InChI=1S/C16H24N2O2/c1-18(11-13-2-4-14(17)5-3-13)15-6-8-20-16(10-15)7-9-19-12-16/h2-5,15H,6-12,17H2,1H3. The van der Waals surface area contributed by atoms with Gasteiger partial charge in [0.1, 0.15) is 0 Å². The summed E-state index contributed by atoms with van der Waals surface area (Å²) in [6.45, 7) is 3.41. The largest absolute Gasteiger partial charge is 0.399 e. The lowest BCUT2D eigenvalue weighted by Gasteiger charge is -2.41. The first-order valence-corrected chi connectivity index (χ1v) is 7.43. The van der Waals surface area contributed by atoms with Crippen LogP contribution in [0.5, 0.6) is 0 Å². The van der Waals surface area contributed by atoms with E-state index in [0.29, 0.717) is 6.04 Å². The topological polar surface area (TPSA) is 47.7 Å². The van der Waals surface area contributed by atoms with Gasteiger partial charge in [-0.2, -0.15) is 0 Å². The minimum atomic E-state index is -0.0156. The van der Waals surface area contributed by atoms with Gasteiger partial charge >= 0.3 is 0 Å². The SMILES string of the molecule is CN(Cc1ccc(N)cc1)C1CCOC2(CCOC2)C1. The maximum Gasteiger partial charge on any atom is 0.0951 e. The first-order chi connectivity index (χ1) is 9.67. The summed E-state index contributed by atoms with van der Waals surface area (Å²) in [6, 6.07) is 8.74. The molecule has 2 fully saturated rings. The average Bonchev–Trinajstić information content (AvgIpc) is 2.89. The first-order valence-electron chi connectivity index (χ1n) is 7.43. The van der Waals surface area contributed by atoms with Crippen LogP contribution in [0.2, 0.25) is 0 Å². The third kappa shape index (κ3) is 2.97. The molecule has 2 aliphatic heterocycles. The lowest BCUT2D eigenvalue weighted by atomic mass is 9.89. The molecule has 0 aliphatic carbocycles. The summed E-state index contributed by atoms with van der Waals surface area (Å²) in [5.74, 6) is 0. The molecule has 4 nitrogen and oxygen atoms in total. The van der Waals surface area contributed by atoms with Crippen LogP contribution in [0.3, 0.4) is 0 Å². The van der Waals surface area contributed by atoms with Gasteiger partial charge in [-0.3, -0.25) is 4.90 Å². The number of nitrogens with two attached hydrogens (primary N) is 1. The van der Waals surface area contributed by atoms with Crippen molar-refractivity contribution in [2.45, 2.75) is 37.5 Å². The first kappa shape index (κ1) is 13.9. The van der Waals surface area contributed by atoms with E-state index in [0.717, 1.165) is 51.3 Å². The van der Waals surface area contributed by atoms with Gasteiger partial charge in [0, 0.05) is 37.9 Å². The third-order valence-corrected chi connectivity index (χ3v) is 4.57. The van der Waals surface area contributed by atoms with Gasteiger partial charge in [0.05, 0.1) is 12.2 Å². The Bertz CT molecular complexity index is 440. The van der Waals surface area contributed by atoms with Crippen molar-refractivity contribution in [2.24, 2.45) is 0 Å². The van der Waals surface area contributed by atoms with E-state index < -0.39 is 0 Å². The molecular weight excluding hydrogens is 252 g/mol. The van der Waals surface area contributed by atoms with Crippen LogP contribution in [0, 0.1) is 0 Å². The van der Waals surface area contributed by atoms with Gasteiger partial charge in [-0.05, 0) is 37.6 Å². The number of ether oxygens (including phenoxy) is 2. The van der Waals surface area contributed by atoms with E-state index in [9.17, 15) is 0 Å². The monoisotopic (exact) mass is 276 g/mol. The lowest BCUT2D eigenvalue weighted by molar-refractivity contribution is -0.104. The Morgan fingerprint density at radius 2 is 2.10 bits per heavy atom. The van der Waals surface area contributed by atoms with Crippen LogP contribution in [0.25, 0.3) is 0 Å². The Kier molecular flexibility index (Phi) is 3.96. The summed E-state index contributed by atoms with van der Waals surface area (Å²) < 4.78 is 11.5. The van der Waals surface area contributed by atoms with Gasteiger partial charge in [-0.25, -0.2) is 0 Å². The van der Waals surface area contributed by atoms with E-state index in [2.05, 4.69) is 24.1 Å². The van der Waals surface area contributed by atoms with E-state index >= 15 is 0 Å². The molecule has 0 radical (unpaired) electrons. The molecule has 2 heterocycles. The molecule has 110 valence electrons. The van der Waals surface area contributed by atoms with Crippen LogP contribution in [0.4, 0.5) is 5.69 Å². The van der Waals surface area contributed by atoms with Crippen LogP contribution in [0.15, 0.2) is 24.3 Å². The highest BCUT2D eigenvalue weighted by Gasteiger charge is 2.41. The Hall–Kier alpha value is -1.10. The molecule has 0 bridgehead atoms. The molecular formula is C16H24N2O2. The van der Waals surface area contributed by atoms with Crippen molar-refractivity contribution in [3.8, 4) is 0 Å². The molecule has 2 N–H and O–H groups in total. The summed E-state index contributed by atoms with van der Waals surface area (Å²) in [7, 11) is 2.20. The minimum Gasteiger partial charge on any atom is -0.399 e. The van der Waals surface area contributed by atoms with Gasteiger partial charge < -0.3 is 15.2 Å². The highest BCUT2D eigenvalue weighted by Crippen LogP contribution is 2.34. The van der Waals surface area contributed by atoms with Crippen molar-refractivity contribution < 1.29 is 9.47 Å².